The van der Waals surface area contributed by atoms with E-state index in [2.05, 4.69) is 31.3 Å². The quantitative estimate of drug-likeness (QED) is 0.0320. The van der Waals surface area contributed by atoms with Gasteiger partial charge in [0.2, 0.25) is 5.91 Å². The van der Waals surface area contributed by atoms with Crippen LogP contribution in [0.3, 0.4) is 0 Å². The molecule has 2 atom stereocenters. The summed E-state index contributed by atoms with van der Waals surface area (Å²) in [5.41, 5.74) is 0. The number of aliphatic hydroxyl groups excluding tert-OH is 2. The topological polar surface area (TPSA) is 95.9 Å². The molecule has 0 aromatic heterocycles. The van der Waals surface area contributed by atoms with E-state index >= 15 is 0 Å². The van der Waals surface area contributed by atoms with E-state index in [1.807, 2.05) is 0 Å². The van der Waals surface area contributed by atoms with Crippen molar-refractivity contribution in [1.82, 2.24) is 5.32 Å². The Bertz CT molecular complexity index is 1290. The zero-order chi connectivity index (χ0) is 61.3. The van der Waals surface area contributed by atoms with Crippen LogP contribution in [0.25, 0.3) is 0 Å². The van der Waals surface area contributed by atoms with Crippen LogP contribution in [0.1, 0.15) is 457 Å². The third kappa shape index (κ3) is 71.6. The maximum Gasteiger partial charge on any atom is 0.305 e. The molecular weight excluding hydrogens is 1040 g/mol. The van der Waals surface area contributed by atoms with Crippen LogP contribution in [-0.4, -0.2) is 47.4 Å². The van der Waals surface area contributed by atoms with Gasteiger partial charge in [-0.3, -0.25) is 9.59 Å². The van der Waals surface area contributed by atoms with E-state index in [1.165, 1.54) is 379 Å². The van der Waals surface area contributed by atoms with Gasteiger partial charge in [-0.2, -0.15) is 0 Å². The number of nitrogens with one attached hydrogen (secondary N) is 1. The van der Waals surface area contributed by atoms with Crippen LogP contribution >= 0.6 is 0 Å². The molecule has 0 saturated carbocycles. The Morgan fingerprint density at radius 1 is 0.318 bits per heavy atom. The molecule has 0 bridgehead atoms. The SMILES string of the molecule is CCCCCCCCC/C=C\CCCCCCCC(=O)OCCCCCCCCCCCCCCCCCCCCCCCCCCCCCCCCCCCCCC(=O)NC(CO)C(O)CCCCCCCCCCCCCCCCCCC. The number of hydrogen-bond donors (Lipinski definition) is 3. The Kier molecular flexibility index (Phi) is 73.8. The molecule has 85 heavy (non-hydrogen) atoms. The number of rotatable bonds is 75. The minimum atomic E-state index is -0.660. The first-order valence-electron chi connectivity index (χ1n) is 39.4. The van der Waals surface area contributed by atoms with Crippen LogP contribution in [0.15, 0.2) is 12.2 Å². The first-order valence-corrected chi connectivity index (χ1v) is 39.4. The number of ether oxygens (including phenoxy) is 1. The molecule has 0 saturated heterocycles. The third-order valence-electron chi connectivity index (χ3n) is 18.8. The average molecular weight is 1200 g/mol. The van der Waals surface area contributed by atoms with Gasteiger partial charge in [0.15, 0.2) is 0 Å². The van der Waals surface area contributed by atoms with E-state index in [1.54, 1.807) is 0 Å². The second kappa shape index (κ2) is 75.1. The molecule has 506 valence electrons. The average Bonchev–Trinajstić information content (AvgIpc) is 3.50. The van der Waals surface area contributed by atoms with Gasteiger partial charge in [-0.25, -0.2) is 0 Å². The van der Waals surface area contributed by atoms with Gasteiger partial charge in [0.1, 0.15) is 0 Å². The molecule has 1 amide bonds. The molecule has 0 radical (unpaired) electrons. The minimum absolute atomic E-state index is 0.0163. The lowest BCUT2D eigenvalue weighted by Gasteiger charge is -2.22. The molecule has 0 aliphatic rings. The fourth-order valence-corrected chi connectivity index (χ4v) is 12.8. The van der Waals surface area contributed by atoms with Crippen LogP contribution in [0.4, 0.5) is 0 Å². The van der Waals surface area contributed by atoms with Gasteiger partial charge in [-0.15, -0.1) is 0 Å². The van der Waals surface area contributed by atoms with Crippen molar-refractivity contribution in [3.05, 3.63) is 12.2 Å². The summed E-state index contributed by atoms with van der Waals surface area (Å²) in [4.78, 5) is 24.6. The van der Waals surface area contributed by atoms with Crippen molar-refractivity contribution in [1.29, 1.82) is 0 Å². The van der Waals surface area contributed by atoms with Crippen molar-refractivity contribution in [3.8, 4) is 0 Å². The molecule has 2 unspecified atom stereocenters. The standard InChI is InChI=1S/C79H155NO5/c1-3-5-7-9-11-13-15-17-19-40-43-47-51-55-59-63-67-71-77(82)76(75-81)80-78(83)72-68-64-60-56-52-48-44-41-38-36-34-32-30-28-26-24-22-21-23-25-27-29-31-33-35-37-39-42-46-50-54-58-62-66-70-74-85-79(84)73-69-65-61-57-53-49-45-20-18-16-14-12-10-8-6-4-2/h20,45,76-77,81-82H,3-19,21-44,46-75H2,1-2H3,(H,80,83)/b45-20-. The van der Waals surface area contributed by atoms with Crippen molar-refractivity contribution in [2.45, 2.75) is 469 Å². The smallest absolute Gasteiger partial charge is 0.305 e. The Morgan fingerprint density at radius 2 is 0.553 bits per heavy atom. The van der Waals surface area contributed by atoms with Gasteiger partial charge >= 0.3 is 5.97 Å². The van der Waals surface area contributed by atoms with Crippen LogP contribution in [-0.2, 0) is 14.3 Å². The van der Waals surface area contributed by atoms with Crippen molar-refractivity contribution in [2.24, 2.45) is 0 Å². The van der Waals surface area contributed by atoms with Crippen LogP contribution < -0.4 is 5.32 Å². The molecule has 0 aliphatic carbocycles. The largest absolute Gasteiger partial charge is 0.466 e. The molecule has 0 rings (SSSR count). The first-order chi connectivity index (χ1) is 42.0. The summed E-state index contributed by atoms with van der Waals surface area (Å²) in [6.07, 6.45) is 94.5. The molecular formula is C79H155NO5. The summed E-state index contributed by atoms with van der Waals surface area (Å²) in [6.45, 7) is 5.00. The summed E-state index contributed by atoms with van der Waals surface area (Å²) in [6, 6.07) is -0.537. The van der Waals surface area contributed by atoms with E-state index in [0.29, 0.717) is 25.9 Å². The Labute approximate surface area is 533 Å². The monoisotopic (exact) mass is 1200 g/mol. The number of unbranched alkanes of at least 4 members (excludes halogenated alkanes) is 62. The van der Waals surface area contributed by atoms with Crippen LogP contribution in [0, 0.1) is 0 Å². The molecule has 0 fully saturated rings. The number of amides is 1. The van der Waals surface area contributed by atoms with Gasteiger partial charge in [-0.05, 0) is 51.4 Å². The normalized spacial score (nSPS) is 12.5. The molecule has 3 N–H and O–H groups in total. The first kappa shape index (κ1) is 83.6. The lowest BCUT2D eigenvalue weighted by atomic mass is 10.0. The summed E-state index contributed by atoms with van der Waals surface area (Å²) in [5, 5.41) is 23.4. The molecule has 0 aromatic rings. The van der Waals surface area contributed by atoms with Gasteiger partial charge in [0.25, 0.3) is 0 Å². The Balaban J connectivity index is 3.30. The van der Waals surface area contributed by atoms with Gasteiger partial charge < -0.3 is 20.3 Å². The molecule has 0 spiro atoms. The van der Waals surface area contributed by atoms with E-state index in [9.17, 15) is 19.8 Å². The highest BCUT2D eigenvalue weighted by Crippen LogP contribution is 2.20. The number of aliphatic hydroxyl groups is 2. The highest BCUT2D eigenvalue weighted by atomic mass is 16.5. The molecule has 6 nitrogen and oxygen atoms in total. The van der Waals surface area contributed by atoms with E-state index in [4.69, 9.17) is 4.74 Å². The summed E-state index contributed by atoms with van der Waals surface area (Å²) in [7, 11) is 0. The van der Waals surface area contributed by atoms with E-state index in [-0.39, 0.29) is 18.5 Å². The lowest BCUT2D eigenvalue weighted by Crippen LogP contribution is -2.45. The maximum atomic E-state index is 12.5. The van der Waals surface area contributed by atoms with E-state index < -0.39 is 12.1 Å². The van der Waals surface area contributed by atoms with E-state index in [0.717, 1.165) is 44.9 Å². The van der Waals surface area contributed by atoms with Crippen LogP contribution in [0.2, 0.25) is 0 Å². The van der Waals surface area contributed by atoms with Crippen molar-refractivity contribution in [3.63, 3.8) is 0 Å². The molecule has 6 heteroatoms. The summed E-state index contributed by atoms with van der Waals surface area (Å²) < 4.78 is 5.50. The van der Waals surface area contributed by atoms with Crippen molar-refractivity contribution < 1.29 is 24.5 Å². The Morgan fingerprint density at radius 3 is 0.835 bits per heavy atom. The third-order valence-corrected chi connectivity index (χ3v) is 18.8. The summed E-state index contributed by atoms with van der Waals surface area (Å²) >= 11 is 0. The highest BCUT2D eigenvalue weighted by molar-refractivity contribution is 5.76. The zero-order valence-corrected chi connectivity index (χ0v) is 58.1. The number of hydrogen-bond acceptors (Lipinski definition) is 5. The number of carbonyl (C=O) groups is 2. The van der Waals surface area contributed by atoms with Crippen molar-refractivity contribution >= 4 is 11.9 Å². The predicted octanol–water partition coefficient (Wildman–Crippen LogP) is 25.9. The van der Waals surface area contributed by atoms with Crippen molar-refractivity contribution in [2.75, 3.05) is 13.2 Å². The fraction of sp³-hybridized carbons (Fsp3) is 0.949. The fourth-order valence-electron chi connectivity index (χ4n) is 12.8. The number of esters is 1. The van der Waals surface area contributed by atoms with Crippen LogP contribution in [0.5, 0.6) is 0 Å². The molecule has 0 heterocycles. The molecule has 0 aliphatic heterocycles. The number of allylic oxidation sites excluding steroid dienone is 2. The van der Waals surface area contributed by atoms with Gasteiger partial charge in [0.05, 0.1) is 25.4 Å². The zero-order valence-electron chi connectivity index (χ0n) is 58.1. The second-order valence-corrected chi connectivity index (χ2v) is 27.4. The predicted molar refractivity (Wildman–Crippen MR) is 375 cm³/mol. The number of carbonyl (C=O) groups excluding carboxylic acids is 2. The van der Waals surface area contributed by atoms with Gasteiger partial charge in [-0.1, -0.05) is 405 Å². The lowest BCUT2D eigenvalue weighted by molar-refractivity contribution is -0.143. The maximum absolute atomic E-state index is 12.5. The van der Waals surface area contributed by atoms with Gasteiger partial charge in [0, 0.05) is 12.8 Å². The summed E-state index contributed by atoms with van der Waals surface area (Å²) in [5.74, 6) is -0.00872. The highest BCUT2D eigenvalue weighted by Gasteiger charge is 2.20. The Hall–Kier alpha value is -1.40. The molecule has 0 aromatic carbocycles. The second-order valence-electron chi connectivity index (χ2n) is 27.4. The minimum Gasteiger partial charge on any atom is -0.466 e.